The molecule has 0 amide bonds. The summed E-state index contributed by atoms with van der Waals surface area (Å²) in [6, 6.07) is 9.29. The second kappa shape index (κ2) is 7.63. The molecule has 0 fully saturated rings. The van der Waals surface area contributed by atoms with Crippen LogP contribution in [0.3, 0.4) is 0 Å². The smallest absolute Gasteiger partial charge is 0.387 e. The van der Waals surface area contributed by atoms with Crippen LogP contribution in [0.5, 0.6) is 5.75 Å². The Kier molecular flexibility index (Phi) is 4.86. The molecule has 2 aromatic heterocycles. The van der Waals surface area contributed by atoms with Crippen LogP contribution in [0.25, 0.3) is 5.69 Å². The molecular formula is C20H14F3N5O. The van der Waals surface area contributed by atoms with Crippen LogP contribution in [0.4, 0.5) is 18.9 Å². The summed E-state index contributed by atoms with van der Waals surface area (Å²) in [5, 5.41) is 10.1. The fraction of sp³-hybridized carbons (Fsp3) is 0.0500. The van der Waals surface area contributed by atoms with Crippen molar-refractivity contribution in [3.63, 3.8) is 0 Å². The maximum absolute atomic E-state index is 14.3. The number of aromatic nitrogens is 3. The zero-order valence-electron chi connectivity index (χ0n) is 14.9. The summed E-state index contributed by atoms with van der Waals surface area (Å²) < 4.78 is 45.0. The number of hydrogen-bond acceptors (Lipinski definition) is 5. The molecule has 3 heterocycles. The second-order valence-electron chi connectivity index (χ2n) is 5.97. The van der Waals surface area contributed by atoms with Crippen molar-refractivity contribution < 1.29 is 17.9 Å². The Morgan fingerprint density at radius 2 is 1.93 bits per heavy atom. The Labute approximate surface area is 163 Å². The van der Waals surface area contributed by atoms with Crippen molar-refractivity contribution in [2.45, 2.75) is 6.61 Å². The summed E-state index contributed by atoms with van der Waals surface area (Å²) in [6.45, 7) is 1.01. The van der Waals surface area contributed by atoms with E-state index < -0.39 is 12.4 Å². The number of alkyl halides is 2. The van der Waals surface area contributed by atoms with Crippen LogP contribution in [0.1, 0.15) is 5.69 Å². The van der Waals surface area contributed by atoms with Crippen LogP contribution in [0.15, 0.2) is 84.5 Å². The first-order chi connectivity index (χ1) is 14.0. The summed E-state index contributed by atoms with van der Waals surface area (Å²) in [4.78, 5) is 3.90. The van der Waals surface area contributed by atoms with Gasteiger partial charge in [-0.05, 0) is 29.8 Å². The number of ether oxygens (including phenoxy) is 1. The molecule has 9 heteroatoms. The van der Waals surface area contributed by atoms with Gasteiger partial charge in [0, 0.05) is 12.3 Å². The first-order valence-corrected chi connectivity index (χ1v) is 8.47. The highest BCUT2D eigenvalue weighted by atomic mass is 19.3. The second-order valence-corrected chi connectivity index (χ2v) is 5.97. The maximum Gasteiger partial charge on any atom is 0.387 e. The van der Waals surface area contributed by atoms with Gasteiger partial charge in [0.2, 0.25) is 0 Å². The predicted molar refractivity (Wildman–Crippen MR) is 102 cm³/mol. The summed E-state index contributed by atoms with van der Waals surface area (Å²) in [5.74, 6) is -0.531. The van der Waals surface area contributed by atoms with Crippen LogP contribution in [-0.4, -0.2) is 27.1 Å². The van der Waals surface area contributed by atoms with Gasteiger partial charge in [-0.15, -0.1) is 0 Å². The number of rotatable bonds is 5. The third-order valence-corrected chi connectivity index (χ3v) is 4.08. The number of hydrazone groups is 1. The minimum Gasteiger partial charge on any atom is -0.433 e. The number of anilines is 1. The molecule has 0 spiro atoms. The van der Waals surface area contributed by atoms with E-state index in [9.17, 15) is 13.2 Å². The molecule has 0 radical (unpaired) electrons. The number of pyridine rings is 1. The van der Waals surface area contributed by atoms with Gasteiger partial charge in [0.15, 0.2) is 0 Å². The van der Waals surface area contributed by atoms with Crippen LogP contribution in [0, 0.1) is 5.82 Å². The van der Waals surface area contributed by atoms with Gasteiger partial charge in [0.1, 0.15) is 23.0 Å². The Morgan fingerprint density at radius 1 is 1.10 bits per heavy atom. The van der Waals surface area contributed by atoms with Crippen LogP contribution < -0.4 is 9.75 Å². The van der Waals surface area contributed by atoms with Crippen molar-refractivity contribution >= 4 is 11.4 Å². The van der Waals surface area contributed by atoms with E-state index in [1.54, 1.807) is 36.5 Å². The third kappa shape index (κ3) is 3.75. The van der Waals surface area contributed by atoms with E-state index in [4.69, 9.17) is 0 Å². The number of allylic oxidation sites excluding steroid dienone is 2. The molecule has 1 aliphatic rings. The topological polar surface area (TPSA) is 55.5 Å². The maximum atomic E-state index is 14.3. The average Bonchev–Trinajstić information content (AvgIpc) is 3.18. The fourth-order valence-electron chi connectivity index (χ4n) is 2.80. The molecular weight excluding hydrogens is 383 g/mol. The molecule has 1 aromatic carbocycles. The zero-order chi connectivity index (χ0) is 20.4. The predicted octanol–water partition coefficient (Wildman–Crippen LogP) is 4.30. The first-order valence-electron chi connectivity index (χ1n) is 8.47. The zero-order valence-corrected chi connectivity index (χ0v) is 14.9. The molecule has 0 aliphatic carbocycles. The Balaban J connectivity index is 1.73. The number of halogens is 3. The summed E-state index contributed by atoms with van der Waals surface area (Å²) >= 11 is 0. The lowest BCUT2D eigenvalue weighted by Crippen LogP contribution is -2.21. The number of para-hydroxylation sites is 1. The monoisotopic (exact) mass is 397 g/mol. The summed E-state index contributed by atoms with van der Waals surface area (Å²) in [6.07, 6.45) is 7.46. The minimum absolute atomic E-state index is 0.0940. The highest BCUT2D eigenvalue weighted by Crippen LogP contribution is 2.26. The van der Waals surface area contributed by atoms with Crippen molar-refractivity contribution in [1.82, 2.24) is 14.8 Å². The van der Waals surface area contributed by atoms with E-state index in [-0.39, 0.29) is 11.4 Å². The van der Waals surface area contributed by atoms with E-state index >= 15 is 0 Å². The van der Waals surface area contributed by atoms with E-state index in [0.29, 0.717) is 22.7 Å². The molecule has 6 nitrogen and oxygen atoms in total. The van der Waals surface area contributed by atoms with Crippen molar-refractivity contribution in [2.24, 2.45) is 5.10 Å². The SMILES string of the molecule is C=C1C=CN(c2cncc(OC(F)F)c2)N=C1c1ccnn1-c1ccccc1F. The molecule has 0 bridgehead atoms. The van der Waals surface area contributed by atoms with E-state index in [2.05, 4.69) is 26.5 Å². The summed E-state index contributed by atoms with van der Waals surface area (Å²) in [5.41, 5.74) is 2.20. The van der Waals surface area contributed by atoms with Gasteiger partial charge in [-0.25, -0.2) is 14.1 Å². The molecule has 0 saturated heterocycles. The lowest BCUT2D eigenvalue weighted by molar-refractivity contribution is -0.0500. The lowest BCUT2D eigenvalue weighted by Gasteiger charge is -2.22. The molecule has 146 valence electrons. The van der Waals surface area contributed by atoms with Gasteiger partial charge < -0.3 is 4.74 Å². The first kappa shape index (κ1) is 18.5. The quantitative estimate of drug-likeness (QED) is 0.644. The highest BCUT2D eigenvalue weighted by molar-refractivity contribution is 6.14. The van der Waals surface area contributed by atoms with Gasteiger partial charge in [-0.3, -0.25) is 4.98 Å². The van der Waals surface area contributed by atoms with Gasteiger partial charge in [-0.1, -0.05) is 18.7 Å². The van der Waals surface area contributed by atoms with Crippen LogP contribution >= 0.6 is 0 Å². The van der Waals surface area contributed by atoms with Crippen molar-refractivity contribution in [1.29, 1.82) is 0 Å². The van der Waals surface area contributed by atoms with E-state index in [1.165, 1.54) is 40.4 Å². The Morgan fingerprint density at radius 3 is 2.72 bits per heavy atom. The lowest BCUT2D eigenvalue weighted by atomic mass is 10.1. The number of nitrogens with zero attached hydrogens (tertiary/aromatic N) is 5. The van der Waals surface area contributed by atoms with E-state index in [0.717, 1.165) is 0 Å². The minimum atomic E-state index is -2.96. The van der Waals surface area contributed by atoms with Crippen molar-refractivity contribution in [3.05, 3.63) is 90.9 Å². The normalized spacial score (nSPS) is 13.7. The number of benzene rings is 1. The van der Waals surface area contributed by atoms with Crippen molar-refractivity contribution in [3.8, 4) is 11.4 Å². The Hall–Kier alpha value is -3.88. The molecule has 1 aliphatic heterocycles. The molecule has 0 N–H and O–H groups in total. The fourth-order valence-corrected chi connectivity index (χ4v) is 2.80. The van der Waals surface area contributed by atoms with Crippen molar-refractivity contribution in [2.75, 3.05) is 5.01 Å². The standard InChI is InChI=1S/C20H14F3N5O/c1-13-7-9-27(14-10-15(12-24-11-14)29-20(22)23)26-19(13)18-6-8-25-28(18)17-5-3-2-4-16(17)21/h2-12,20H,1H2. The third-order valence-electron chi connectivity index (χ3n) is 4.08. The molecule has 0 unspecified atom stereocenters. The van der Waals surface area contributed by atoms with Gasteiger partial charge >= 0.3 is 6.61 Å². The molecule has 0 saturated carbocycles. The molecule has 4 rings (SSSR count). The molecule has 3 aromatic rings. The van der Waals surface area contributed by atoms with Crippen LogP contribution in [-0.2, 0) is 0 Å². The molecule has 0 atom stereocenters. The number of hydrogen-bond donors (Lipinski definition) is 0. The van der Waals surface area contributed by atoms with E-state index in [1.807, 2.05) is 0 Å². The van der Waals surface area contributed by atoms with Crippen LogP contribution in [0.2, 0.25) is 0 Å². The average molecular weight is 397 g/mol. The van der Waals surface area contributed by atoms with Gasteiger partial charge in [-0.2, -0.15) is 19.0 Å². The molecule has 29 heavy (non-hydrogen) atoms. The highest BCUT2D eigenvalue weighted by Gasteiger charge is 2.20. The largest absolute Gasteiger partial charge is 0.433 e. The Bertz CT molecular complexity index is 1120. The van der Waals surface area contributed by atoms with Gasteiger partial charge in [0.25, 0.3) is 0 Å². The van der Waals surface area contributed by atoms with Gasteiger partial charge in [0.05, 0.1) is 30.0 Å². The summed E-state index contributed by atoms with van der Waals surface area (Å²) in [7, 11) is 0.